The molecule has 0 spiro atoms. The van der Waals surface area contributed by atoms with Crippen molar-refractivity contribution >= 4 is 10.8 Å². The van der Waals surface area contributed by atoms with Gasteiger partial charge in [0, 0.05) is 0 Å². The lowest BCUT2D eigenvalue weighted by molar-refractivity contribution is 0.842. The van der Waals surface area contributed by atoms with Crippen LogP contribution in [0.5, 0.6) is 0 Å². The molecule has 28 heavy (non-hydrogen) atoms. The van der Waals surface area contributed by atoms with Gasteiger partial charge >= 0.3 is 0 Å². The molecule has 0 aromatic heterocycles. The van der Waals surface area contributed by atoms with E-state index in [1.54, 1.807) is 11.1 Å². The SMILES string of the molecule is Cc1ccc2c(c1C(C)C)Cc1ccc3ccc4c(c3c1-2)Cc1ccccc1-4. The summed E-state index contributed by atoms with van der Waals surface area (Å²) in [6.45, 7) is 6.93. The van der Waals surface area contributed by atoms with E-state index >= 15 is 0 Å². The number of aryl methyl sites for hydroxylation is 1. The first-order chi connectivity index (χ1) is 13.6. The van der Waals surface area contributed by atoms with Crippen LogP contribution in [0, 0.1) is 6.92 Å². The zero-order valence-corrected chi connectivity index (χ0v) is 16.8. The molecule has 0 bridgehead atoms. The zero-order chi connectivity index (χ0) is 19.0. The summed E-state index contributed by atoms with van der Waals surface area (Å²) in [7, 11) is 0. The van der Waals surface area contributed by atoms with Crippen LogP contribution < -0.4 is 0 Å². The molecule has 0 atom stereocenters. The molecule has 0 heteroatoms. The Kier molecular flexibility index (Phi) is 3.21. The van der Waals surface area contributed by atoms with Crippen LogP contribution in [0.4, 0.5) is 0 Å². The number of hydrogen-bond acceptors (Lipinski definition) is 0. The van der Waals surface area contributed by atoms with E-state index in [9.17, 15) is 0 Å². The minimum atomic E-state index is 0.561. The third-order valence-electron chi connectivity index (χ3n) is 6.84. The van der Waals surface area contributed by atoms with E-state index in [-0.39, 0.29) is 0 Å². The fraction of sp³-hybridized carbons (Fsp3) is 0.214. The monoisotopic (exact) mass is 360 g/mol. The predicted octanol–water partition coefficient (Wildman–Crippen LogP) is 7.41. The molecule has 0 aliphatic heterocycles. The van der Waals surface area contributed by atoms with Gasteiger partial charge in [0.1, 0.15) is 0 Å². The molecule has 0 fully saturated rings. The van der Waals surface area contributed by atoms with E-state index in [0.29, 0.717) is 5.92 Å². The van der Waals surface area contributed by atoms with E-state index in [1.807, 2.05) is 0 Å². The second kappa shape index (κ2) is 5.58. The molecule has 4 aromatic carbocycles. The molecule has 2 aliphatic rings. The molecular weight excluding hydrogens is 336 g/mol. The van der Waals surface area contributed by atoms with E-state index < -0.39 is 0 Å². The first kappa shape index (κ1) is 16.1. The highest BCUT2D eigenvalue weighted by molar-refractivity contribution is 6.07. The van der Waals surface area contributed by atoms with Crippen molar-refractivity contribution in [1.29, 1.82) is 0 Å². The lowest BCUT2D eigenvalue weighted by atomic mass is 9.88. The van der Waals surface area contributed by atoms with Crippen molar-refractivity contribution in [1.82, 2.24) is 0 Å². The summed E-state index contributed by atoms with van der Waals surface area (Å²) in [5, 5.41) is 2.87. The molecule has 0 heterocycles. The second-order valence-electron chi connectivity index (χ2n) is 8.78. The minimum absolute atomic E-state index is 0.561. The summed E-state index contributed by atoms with van der Waals surface area (Å²) < 4.78 is 0. The van der Waals surface area contributed by atoms with Gasteiger partial charge in [-0.1, -0.05) is 74.5 Å². The van der Waals surface area contributed by atoms with Gasteiger partial charge in [-0.05, 0) is 92.1 Å². The first-order valence-corrected chi connectivity index (χ1v) is 10.4. The third kappa shape index (κ3) is 2.01. The van der Waals surface area contributed by atoms with E-state index in [0.717, 1.165) is 12.8 Å². The molecule has 136 valence electrons. The molecule has 6 rings (SSSR count). The van der Waals surface area contributed by atoms with Crippen LogP contribution >= 0.6 is 0 Å². The second-order valence-corrected chi connectivity index (χ2v) is 8.78. The highest BCUT2D eigenvalue weighted by Gasteiger charge is 2.28. The van der Waals surface area contributed by atoms with E-state index in [2.05, 4.69) is 81.4 Å². The Morgan fingerprint density at radius 1 is 0.679 bits per heavy atom. The fourth-order valence-electron chi connectivity index (χ4n) is 5.75. The molecule has 0 saturated carbocycles. The molecule has 0 unspecified atom stereocenters. The molecule has 0 amide bonds. The molecule has 0 radical (unpaired) electrons. The van der Waals surface area contributed by atoms with Crippen LogP contribution in [0.2, 0.25) is 0 Å². The van der Waals surface area contributed by atoms with Crippen LogP contribution in [-0.4, -0.2) is 0 Å². The zero-order valence-electron chi connectivity index (χ0n) is 16.8. The Morgan fingerprint density at radius 2 is 1.43 bits per heavy atom. The summed E-state index contributed by atoms with van der Waals surface area (Å²) in [4.78, 5) is 0. The number of fused-ring (bicyclic) bond motifs is 9. The topological polar surface area (TPSA) is 0 Å². The van der Waals surface area contributed by atoms with Crippen LogP contribution in [-0.2, 0) is 12.8 Å². The smallest absolute Gasteiger partial charge is 0.000706 e. The molecule has 0 saturated heterocycles. The Labute approximate surface area is 166 Å². The van der Waals surface area contributed by atoms with Gasteiger partial charge in [-0.15, -0.1) is 0 Å². The maximum atomic E-state index is 2.38. The van der Waals surface area contributed by atoms with Crippen molar-refractivity contribution in [2.75, 3.05) is 0 Å². The maximum absolute atomic E-state index is 2.38. The van der Waals surface area contributed by atoms with Gasteiger partial charge in [0.2, 0.25) is 0 Å². The highest BCUT2D eigenvalue weighted by atomic mass is 14.3. The van der Waals surface area contributed by atoms with Gasteiger partial charge in [-0.3, -0.25) is 0 Å². The van der Waals surface area contributed by atoms with Gasteiger partial charge in [0.05, 0.1) is 0 Å². The molecule has 0 N–H and O–H groups in total. The van der Waals surface area contributed by atoms with Gasteiger partial charge in [0.25, 0.3) is 0 Å². The van der Waals surface area contributed by atoms with Crippen molar-refractivity contribution in [2.24, 2.45) is 0 Å². The minimum Gasteiger partial charge on any atom is -0.0619 e. The number of rotatable bonds is 1. The van der Waals surface area contributed by atoms with Crippen molar-refractivity contribution in [3.05, 3.63) is 94.0 Å². The van der Waals surface area contributed by atoms with Crippen molar-refractivity contribution in [2.45, 2.75) is 39.5 Å². The summed E-state index contributed by atoms with van der Waals surface area (Å²) in [5.41, 5.74) is 14.9. The van der Waals surface area contributed by atoms with Crippen LogP contribution in [0.1, 0.15) is 53.1 Å². The lowest BCUT2D eigenvalue weighted by Gasteiger charge is -2.16. The first-order valence-electron chi connectivity index (χ1n) is 10.4. The standard InChI is InChI=1S/C28H24/c1-16(2)26-17(3)8-12-23-25(26)15-20-10-9-18-11-13-22-21-7-5-4-6-19(21)14-24(22)27(18)28(20)23/h4-13,16H,14-15H2,1-3H3. The van der Waals surface area contributed by atoms with Crippen LogP contribution in [0.3, 0.4) is 0 Å². The number of benzene rings is 4. The predicted molar refractivity (Wildman–Crippen MR) is 119 cm³/mol. The summed E-state index contributed by atoms with van der Waals surface area (Å²) in [6, 6.07) is 23.0. The van der Waals surface area contributed by atoms with Crippen molar-refractivity contribution in [3.63, 3.8) is 0 Å². The van der Waals surface area contributed by atoms with E-state index in [4.69, 9.17) is 0 Å². The fourth-order valence-corrected chi connectivity index (χ4v) is 5.75. The average Bonchev–Trinajstić information content (AvgIpc) is 3.25. The highest BCUT2D eigenvalue weighted by Crippen LogP contribution is 2.49. The molecule has 0 nitrogen and oxygen atoms in total. The quantitative estimate of drug-likeness (QED) is 0.286. The van der Waals surface area contributed by atoms with Gasteiger partial charge < -0.3 is 0 Å². The average molecular weight is 361 g/mol. The summed E-state index contributed by atoms with van der Waals surface area (Å²) >= 11 is 0. The maximum Gasteiger partial charge on any atom is -0.000706 e. The lowest BCUT2D eigenvalue weighted by Crippen LogP contribution is -1.98. The Balaban J connectivity index is 1.70. The van der Waals surface area contributed by atoms with Gasteiger partial charge in [0.15, 0.2) is 0 Å². The largest absolute Gasteiger partial charge is 0.0619 e. The van der Waals surface area contributed by atoms with Crippen LogP contribution in [0.25, 0.3) is 33.0 Å². The Bertz CT molecular complexity index is 1290. The number of hydrogen-bond donors (Lipinski definition) is 0. The van der Waals surface area contributed by atoms with Crippen LogP contribution in [0.15, 0.2) is 60.7 Å². The van der Waals surface area contributed by atoms with Gasteiger partial charge in [-0.25, -0.2) is 0 Å². The van der Waals surface area contributed by atoms with Crippen molar-refractivity contribution < 1.29 is 0 Å². The normalized spacial score (nSPS) is 13.6. The van der Waals surface area contributed by atoms with Gasteiger partial charge in [-0.2, -0.15) is 0 Å². The Morgan fingerprint density at radius 3 is 2.29 bits per heavy atom. The Hall–Kier alpha value is -2.86. The summed E-state index contributed by atoms with van der Waals surface area (Å²) in [5.74, 6) is 0.561. The van der Waals surface area contributed by atoms with E-state index in [1.165, 1.54) is 55.3 Å². The third-order valence-corrected chi connectivity index (χ3v) is 6.84. The molecule has 4 aromatic rings. The molecular formula is C28H24. The van der Waals surface area contributed by atoms with Crippen molar-refractivity contribution in [3.8, 4) is 22.3 Å². The molecule has 2 aliphatic carbocycles. The summed E-state index contributed by atoms with van der Waals surface area (Å²) in [6.07, 6.45) is 2.13.